The number of rotatable bonds is 7. The zero-order valence-electron chi connectivity index (χ0n) is 15.4. The van der Waals surface area contributed by atoms with Crippen LogP contribution in [0.25, 0.3) is 0 Å². The number of aryl methyl sites for hydroxylation is 2. The van der Waals surface area contributed by atoms with E-state index in [2.05, 4.69) is 25.3 Å². The molecule has 7 nitrogen and oxygen atoms in total. The van der Waals surface area contributed by atoms with E-state index < -0.39 is 0 Å². The Morgan fingerprint density at radius 1 is 1.35 bits per heavy atom. The highest BCUT2D eigenvalue weighted by atomic mass is 32.2. The van der Waals surface area contributed by atoms with Gasteiger partial charge in [-0.1, -0.05) is 5.16 Å². The summed E-state index contributed by atoms with van der Waals surface area (Å²) in [7, 11) is 0. The van der Waals surface area contributed by atoms with Crippen molar-refractivity contribution in [3.63, 3.8) is 0 Å². The lowest BCUT2D eigenvalue weighted by Gasteiger charge is -2.30. The number of nitrogens with one attached hydrogen (secondary N) is 1. The summed E-state index contributed by atoms with van der Waals surface area (Å²) < 4.78 is 5.31. The molecule has 1 aliphatic heterocycles. The molecule has 0 unspecified atom stereocenters. The first-order valence-corrected chi connectivity index (χ1v) is 11.0. The van der Waals surface area contributed by atoms with Crippen molar-refractivity contribution in [2.24, 2.45) is 5.92 Å². The topological polar surface area (TPSA) is 84.2 Å². The van der Waals surface area contributed by atoms with Gasteiger partial charge in [-0.15, -0.1) is 11.3 Å². The third kappa shape index (κ3) is 5.05. The lowest BCUT2D eigenvalue weighted by molar-refractivity contribution is 0.0936. The van der Waals surface area contributed by atoms with Crippen LogP contribution >= 0.6 is 23.1 Å². The van der Waals surface area contributed by atoms with E-state index in [-0.39, 0.29) is 5.91 Å². The van der Waals surface area contributed by atoms with Gasteiger partial charge in [0.1, 0.15) is 4.88 Å². The fraction of sp³-hybridized carbons (Fsp3) is 0.647. The molecule has 0 radical (unpaired) electrons. The first-order valence-electron chi connectivity index (χ1n) is 8.80. The highest BCUT2D eigenvalue weighted by Gasteiger charge is 2.22. The lowest BCUT2D eigenvalue weighted by atomic mass is 9.97. The second-order valence-electron chi connectivity index (χ2n) is 6.61. The van der Waals surface area contributed by atoms with E-state index in [1.165, 1.54) is 11.3 Å². The maximum Gasteiger partial charge on any atom is 0.263 e. The number of piperidine rings is 1. The van der Waals surface area contributed by atoms with Gasteiger partial charge in [-0.3, -0.25) is 9.69 Å². The van der Waals surface area contributed by atoms with Crippen molar-refractivity contribution in [3.05, 3.63) is 27.3 Å². The normalized spacial score (nSPS) is 16.1. The van der Waals surface area contributed by atoms with Crippen LogP contribution in [0.2, 0.25) is 0 Å². The summed E-state index contributed by atoms with van der Waals surface area (Å²) in [5.74, 6) is 2.75. The van der Waals surface area contributed by atoms with E-state index >= 15 is 0 Å². The standard InChI is InChI=1S/C17H25N5O2S2/c1-11-16(26-12(2)19-11)17(23)18-8-13-4-6-22(7-5-13)9-15-20-14(10-25-3)21-24-15/h13H,4-10H2,1-3H3,(H,18,23). The number of thioether (sulfide) groups is 1. The fourth-order valence-electron chi connectivity index (χ4n) is 3.14. The van der Waals surface area contributed by atoms with Crippen LogP contribution in [0.15, 0.2) is 4.52 Å². The van der Waals surface area contributed by atoms with Crippen LogP contribution < -0.4 is 5.32 Å². The molecule has 1 fully saturated rings. The predicted octanol–water partition coefficient (Wildman–Crippen LogP) is 2.65. The Hall–Kier alpha value is -1.45. The maximum absolute atomic E-state index is 12.3. The molecule has 0 bridgehead atoms. The lowest BCUT2D eigenvalue weighted by Crippen LogP contribution is -2.38. The van der Waals surface area contributed by atoms with Gasteiger partial charge in [0.15, 0.2) is 5.82 Å². The van der Waals surface area contributed by atoms with Crippen LogP contribution in [0, 0.1) is 19.8 Å². The van der Waals surface area contributed by atoms with E-state index in [9.17, 15) is 4.79 Å². The Morgan fingerprint density at radius 3 is 2.77 bits per heavy atom. The molecule has 142 valence electrons. The molecule has 2 aromatic rings. The Kier molecular flexibility index (Phi) is 6.66. The van der Waals surface area contributed by atoms with Gasteiger partial charge in [-0.05, 0) is 52.0 Å². The number of hydrogen-bond acceptors (Lipinski definition) is 8. The number of amides is 1. The summed E-state index contributed by atoms with van der Waals surface area (Å²) in [5, 5.41) is 8.00. The number of carbonyl (C=O) groups is 1. The first-order chi connectivity index (χ1) is 12.5. The summed E-state index contributed by atoms with van der Waals surface area (Å²) in [4.78, 5) is 24.1. The molecule has 0 atom stereocenters. The molecule has 0 aliphatic carbocycles. The maximum atomic E-state index is 12.3. The van der Waals surface area contributed by atoms with Crippen LogP contribution in [-0.4, -0.2) is 51.8 Å². The minimum Gasteiger partial charge on any atom is -0.351 e. The second-order valence-corrected chi connectivity index (χ2v) is 8.68. The molecule has 2 aromatic heterocycles. The zero-order chi connectivity index (χ0) is 18.5. The molecular formula is C17H25N5O2S2. The Morgan fingerprint density at radius 2 is 2.12 bits per heavy atom. The number of likely N-dealkylation sites (tertiary alicyclic amines) is 1. The van der Waals surface area contributed by atoms with Crippen molar-refractivity contribution in [2.75, 3.05) is 25.9 Å². The summed E-state index contributed by atoms with van der Waals surface area (Å²) >= 11 is 3.15. The van der Waals surface area contributed by atoms with Crippen LogP contribution in [0.5, 0.6) is 0 Å². The highest BCUT2D eigenvalue weighted by Crippen LogP contribution is 2.20. The van der Waals surface area contributed by atoms with Crippen molar-refractivity contribution in [1.29, 1.82) is 0 Å². The van der Waals surface area contributed by atoms with Crippen LogP contribution in [0.3, 0.4) is 0 Å². The number of hydrogen-bond donors (Lipinski definition) is 1. The molecule has 3 rings (SSSR count). The molecule has 9 heteroatoms. The molecule has 0 aromatic carbocycles. The smallest absolute Gasteiger partial charge is 0.263 e. The Labute approximate surface area is 162 Å². The van der Waals surface area contributed by atoms with Crippen molar-refractivity contribution < 1.29 is 9.32 Å². The van der Waals surface area contributed by atoms with E-state index in [1.807, 2.05) is 20.1 Å². The zero-order valence-corrected chi connectivity index (χ0v) is 17.1. The van der Waals surface area contributed by atoms with Gasteiger partial charge < -0.3 is 9.84 Å². The van der Waals surface area contributed by atoms with Crippen molar-refractivity contribution in [3.8, 4) is 0 Å². The number of thiazole rings is 1. The first kappa shape index (κ1) is 19.3. The van der Waals surface area contributed by atoms with Crippen LogP contribution in [0.4, 0.5) is 0 Å². The molecule has 26 heavy (non-hydrogen) atoms. The summed E-state index contributed by atoms with van der Waals surface area (Å²) in [6.07, 6.45) is 4.15. The minimum absolute atomic E-state index is 0.00251. The molecular weight excluding hydrogens is 370 g/mol. The predicted molar refractivity (Wildman–Crippen MR) is 103 cm³/mol. The minimum atomic E-state index is 0.00251. The van der Waals surface area contributed by atoms with E-state index in [1.54, 1.807) is 11.8 Å². The summed E-state index contributed by atoms with van der Waals surface area (Å²) in [6, 6.07) is 0. The monoisotopic (exact) mass is 395 g/mol. The SMILES string of the molecule is CSCc1noc(CN2CCC(CNC(=O)c3sc(C)nc3C)CC2)n1. The average Bonchev–Trinajstić information content (AvgIpc) is 3.20. The molecule has 1 N–H and O–H groups in total. The Balaban J connectivity index is 1.40. The van der Waals surface area contributed by atoms with E-state index in [0.29, 0.717) is 18.4 Å². The largest absolute Gasteiger partial charge is 0.351 e. The van der Waals surface area contributed by atoms with Gasteiger partial charge in [0.25, 0.3) is 5.91 Å². The second kappa shape index (κ2) is 8.96. The summed E-state index contributed by atoms with van der Waals surface area (Å²) in [5.41, 5.74) is 0.820. The van der Waals surface area contributed by atoms with E-state index in [4.69, 9.17) is 4.52 Å². The molecule has 3 heterocycles. The van der Waals surface area contributed by atoms with Crippen molar-refractivity contribution >= 4 is 29.0 Å². The van der Waals surface area contributed by atoms with Gasteiger partial charge >= 0.3 is 0 Å². The third-order valence-electron chi connectivity index (χ3n) is 4.51. The van der Waals surface area contributed by atoms with E-state index in [0.717, 1.165) is 59.6 Å². The number of aromatic nitrogens is 3. The molecule has 1 amide bonds. The quantitative estimate of drug-likeness (QED) is 0.771. The van der Waals surface area contributed by atoms with Gasteiger partial charge in [-0.25, -0.2) is 4.98 Å². The average molecular weight is 396 g/mol. The van der Waals surface area contributed by atoms with Crippen molar-refractivity contribution in [1.82, 2.24) is 25.3 Å². The molecule has 0 saturated carbocycles. The molecule has 0 spiro atoms. The Bertz CT molecular complexity index is 737. The molecule has 1 saturated heterocycles. The summed E-state index contributed by atoms with van der Waals surface area (Å²) in [6.45, 7) is 7.22. The number of carbonyl (C=O) groups excluding carboxylic acids is 1. The van der Waals surface area contributed by atoms with Gasteiger partial charge in [-0.2, -0.15) is 16.7 Å². The van der Waals surface area contributed by atoms with Crippen LogP contribution in [0.1, 0.15) is 44.9 Å². The third-order valence-corrected chi connectivity index (χ3v) is 6.13. The van der Waals surface area contributed by atoms with Crippen LogP contribution in [-0.2, 0) is 12.3 Å². The van der Waals surface area contributed by atoms with Crippen molar-refractivity contribution in [2.45, 2.75) is 39.0 Å². The fourth-order valence-corrected chi connectivity index (χ4v) is 4.35. The van der Waals surface area contributed by atoms with Gasteiger partial charge in [0.2, 0.25) is 5.89 Å². The molecule has 1 aliphatic rings. The van der Waals surface area contributed by atoms with Gasteiger partial charge in [0.05, 0.1) is 23.0 Å². The number of nitrogens with zero attached hydrogens (tertiary/aromatic N) is 4. The highest BCUT2D eigenvalue weighted by molar-refractivity contribution is 7.97. The van der Waals surface area contributed by atoms with Gasteiger partial charge in [0, 0.05) is 6.54 Å².